The number of H-pyrrole nitrogens is 1. The van der Waals surface area contributed by atoms with Crippen LogP contribution in [-0.4, -0.2) is 25.5 Å². The summed E-state index contributed by atoms with van der Waals surface area (Å²) in [5, 5.41) is 27.6. The van der Waals surface area contributed by atoms with Crippen molar-refractivity contribution >= 4 is 21.6 Å². The maximum absolute atomic E-state index is 11.0. The summed E-state index contributed by atoms with van der Waals surface area (Å²) in [5.74, 6) is 0.514. The minimum Gasteiger partial charge on any atom is -0.303 e. The highest BCUT2D eigenvalue weighted by Gasteiger charge is 2.16. The van der Waals surface area contributed by atoms with Gasteiger partial charge in [0.15, 0.2) is 5.82 Å². The number of aromatic nitrogens is 4. The lowest BCUT2D eigenvalue weighted by molar-refractivity contribution is -0.385. The van der Waals surface area contributed by atoms with Crippen LogP contribution in [0, 0.1) is 10.1 Å². The molecule has 2 rings (SSSR count). The van der Waals surface area contributed by atoms with E-state index in [9.17, 15) is 10.1 Å². The summed E-state index contributed by atoms with van der Waals surface area (Å²) < 4.78 is 0.675. The van der Waals surface area contributed by atoms with Crippen molar-refractivity contribution in [2.75, 3.05) is 0 Å². The number of rotatable bonds is 5. The fraction of sp³-hybridized carbons (Fsp3) is 0.300. The van der Waals surface area contributed by atoms with Crippen molar-refractivity contribution in [2.24, 2.45) is 0 Å². The number of nitrogens with zero attached hydrogens (tertiary/aromatic N) is 4. The van der Waals surface area contributed by atoms with Gasteiger partial charge in [-0.1, -0.05) is 21.1 Å². The minimum absolute atomic E-state index is 0.0715. The standard InChI is InChI=1S/C10H11BrN6O2/c1-6(10-13-15-16-14-10)12-5-7-2-3-8(11)4-9(7)17(18)19/h2-4,6,12H,5H2,1H3,(H,13,14,15,16). The van der Waals surface area contributed by atoms with E-state index in [0.29, 0.717) is 22.4 Å². The van der Waals surface area contributed by atoms with Crippen LogP contribution in [0.15, 0.2) is 22.7 Å². The molecule has 0 bridgehead atoms. The Hall–Kier alpha value is -1.87. The van der Waals surface area contributed by atoms with Gasteiger partial charge in [-0.3, -0.25) is 10.1 Å². The third kappa shape index (κ3) is 3.32. The highest BCUT2D eigenvalue weighted by Crippen LogP contribution is 2.23. The fourth-order valence-corrected chi connectivity index (χ4v) is 1.91. The minimum atomic E-state index is -0.402. The van der Waals surface area contributed by atoms with Gasteiger partial charge in [0.2, 0.25) is 0 Å². The summed E-state index contributed by atoms with van der Waals surface area (Å²) in [4.78, 5) is 10.6. The predicted octanol–water partition coefficient (Wildman–Crippen LogP) is 1.72. The van der Waals surface area contributed by atoms with Crippen LogP contribution in [0.3, 0.4) is 0 Å². The van der Waals surface area contributed by atoms with Crippen LogP contribution in [0.5, 0.6) is 0 Å². The topological polar surface area (TPSA) is 110 Å². The van der Waals surface area contributed by atoms with Crippen LogP contribution < -0.4 is 5.32 Å². The van der Waals surface area contributed by atoms with E-state index in [4.69, 9.17) is 0 Å². The van der Waals surface area contributed by atoms with Crippen LogP contribution in [0.4, 0.5) is 5.69 Å². The van der Waals surface area contributed by atoms with Gasteiger partial charge < -0.3 is 5.32 Å². The molecule has 2 aromatic rings. The van der Waals surface area contributed by atoms with E-state index in [-0.39, 0.29) is 11.7 Å². The molecular weight excluding hydrogens is 316 g/mol. The second-order valence-corrected chi connectivity index (χ2v) is 4.82. The summed E-state index contributed by atoms with van der Waals surface area (Å²) in [5.41, 5.74) is 0.672. The number of nitrogens with one attached hydrogen (secondary N) is 2. The van der Waals surface area contributed by atoms with Crippen molar-refractivity contribution in [1.82, 2.24) is 25.9 Å². The van der Waals surface area contributed by atoms with Gasteiger partial charge in [0.25, 0.3) is 5.69 Å². The molecule has 8 nitrogen and oxygen atoms in total. The number of halogens is 1. The summed E-state index contributed by atoms with van der Waals surface area (Å²) in [6, 6.07) is 4.80. The third-order valence-corrected chi connectivity index (χ3v) is 3.09. The van der Waals surface area contributed by atoms with Crippen LogP contribution in [0.25, 0.3) is 0 Å². The van der Waals surface area contributed by atoms with Gasteiger partial charge in [-0.15, -0.1) is 10.2 Å². The van der Waals surface area contributed by atoms with Gasteiger partial charge >= 0.3 is 0 Å². The molecule has 1 aromatic carbocycles. The molecule has 0 aliphatic carbocycles. The van der Waals surface area contributed by atoms with Crippen LogP contribution in [-0.2, 0) is 6.54 Å². The quantitative estimate of drug-likeness (QED) is 0.639. The number of aromatic amines is 1. The number of benzene rings is 1. The molecule has 0 spiro atoms. The highest BCUT2D eigenvalue weighted by molar-refractivity contribution is 9.10. The molecule has 2 N–H and O–H groups in total. The van der Waals surface area contributed by atoms with Crippen LogP contribution in [0.2, 0.25) is 0 Å². The largest absolute Gasteiger partial charge is 0.303 e. The Morgan fingerprint density at radius 3 is 3.00 bits per heavy atom. The molecule has 19 heavy (non-hydrogen) atoms. The summed E-state index contributed by atoms with van der Waals surface area (Å²) in [6.07, 6.45) is 0. The van der Waals surface area contributed by atoms with Crippen molar-refractivity contribution in [1.29, 1.82) is 0 Å². The molecular formula is C10H11BrN6O2. The molecule has 0 aliphatic heterocycles. The zero-order valence-electron chi connectivity index (χ0n) is 10.00. The Labute approximate surface area is 116 Å². The zero-order chi connectivity index (χ0) is 13.8. The average molecular weight is 327 g/mol. The first-order valence-corrected chi connectivity index (χ1v) is 6.27. The van der Waals surface area contributed by atoms with E-state index in [1.165, 1.54) is 6.07 Å². The molecule has 1 atom stereocenters. The Kier molecular flexibility index (Phi) is 4.17. The van der Waals surface area contributed by atoms with E-state index in [1.54, 1.807) is 12.1 Å². The van der Waals surface area contributed by atoms with E-state index in [1.807, 2.05) is 6.92 Å². The molecule has 0 radical (unpaired) electrons. The Morgan fingerprint density at radius 2 is 2.37 bits per heavy atom. The fourth-order valence-electron chi connectivity index (χ4n) is 1.56. The molecule has 0 amide bonds. The number of nitro benzene ring substituents is 1. The van der Waals surface area contributed by atoms with E-state index in [2.05, 4.69) is 41.9 Å². The second kappa shape index (κ2) is 5.85. The lowest BCUT2D eigenvalue weighted by atomic mass is 10.1. The molecule has 0 fully saturated rings. The predicted molar refractivity (Wildman–Crippen MR) is 70.2 cm³/mol. The molecule has 100 valence electrons. The van der Waals surface area contributed by atoms with Gasteiger partial charge in [0, 0.05) is 22.6 Å². The van der Waals surface area contributed by atoms with Gasteiger partial charge in [0.1, 0.15) is 0 Å². The maximum atomic E-state index is 11.0. The van der Waals surface area contributed by atoms with Crippen molar-refractivity contribution in [3.8, 4) is 0 Å². The SMILES string of the molecule is CC(NCc1ccc(Br)cc1[N+](=O)[O-])c1nn[nH]n1. The molecule has 0 aliphatic rings. The van der Waals surface area contributed by atoms with E-state index in [0.717, 1.165) is 0 Å². The van der Waals surface area contributed by atoms with Crippen molar-refractivity contribution in [3.05, 3.63) is 44.2 Å². The maximum Gasteiger partial charge on any atom is 0.275 e. The monoisotopic (exact) mass is 326 g/mol. The summed E-state index contributed by atoms with van der Waals surface area (Å²) in [6.45, 7) is 2.20. The Morgan fingerprint density at radius 1 is 1.58 bits per heavy atom. The second-order valence-electron chi connectivity index (χ2n) is 3.90. The molecule has 1 heterocycles. The number of tetrazole rings is 1. The van der Waals surface area contributed by atoms with E-state index < -0.39 is 4.92 Å². The first-order valence-electron chi connectivity index (χ1n) is 5.47. The Bertz CT molecular complexity index is 573. The Balaban J connectivity index is 2.09. The lowest BCUT2D eigenvalue weighted by Gasteiger charge is -2.10. The normalized spacial score (nSPS) is 12.3. The first-order chi connectivity index (χ1) is 9.08. The molecule has 9 heteroatoms. The number of hydrogen-bond donors (Lipinski definition) is 2. The number of hydrogen-bond acceptors (Lipinski definition) is 6. The van der Waals surface area contributed by atoms with Crippen molar-refractivity contribution < 1.29 is 4.92 Å². The average Bonchev–Trinajstić information content (AvgIpc) is 2.90. The molecule has 1 unspecified atom stereocenters. The van der Waals surface area contributed by atoms with Gasteiger partial charge in [0.05, 0.1) is 11.0 Å². The summed E-state index contributed by atoms with van der Waals surface area (Å²) >= 11 is 3.22. The summed E-state index contributed by atoms with van der Waals surface area (Å²) in [7, 11) is 0. The van der Waals surface area contributed by atoms with Crippen LogP contribution >= 0.6 is 15.9 Å². The first kappa shape index (κ1) is 13.6. The zero-order valence-corrected chi connectivity index (χ0v) is 11.6. The third-order valence-electron chi connectivity index (χ3n) is 2.59. The van der Waals surface area contributed by atoms with Crippen molar-refractivity contribution in [2.45, 2.75) is 19.5 Å². The molecule has 0 saturated carbocycles. The van der Waals surface area contributed by atoms with Gasteiger partial charge in [-0.25, -0.2) is 0 Å². The van der Waals surface area contributed by atoms with Crippen molar-refractivity contribution in [3.63, 3.8) is 0 Å². The van der Waals surface area contributed by atoms with Gasteiger partial charge in [-0.2, -0.15) is 5.21 Å². The molecule has 0 saturated heterocycles. The van der Waals surface area contributed by atoms with E-state index >= 15 is 0 Å². The number of nitro groups is 1. The highest BCUT2D eigenvalue weighted by atomic mass is 79.9. The van der Waals surface area contributed by atoms with Gasteiger partial charge in [-0.05, 0) is 19.1 Å². The van der Waals surface area contributed by atoms with Crippen LogP contribution in [0.1, 0.15) is 24.4 Å². The smallest absolute Gasteiger partial charge is 0.275 e. The lowest BCUT2D eigenvalue weighted by Crippen LogP contribution is -2.20. The molecule has 1 aromatic heterocycles.